The summed E-state index contributed by atoms with van der Waals surface area (Å²) in [7, 11) is 2.90. The fourth-order valence-electron chi connectivity index (χ4n) is 1.25. The van der Waals surface area contributed by atoms with Gasteiger partial charge in [-0.2, -0.15) is 4.39 Å². The number of rotatable bonds is 2. The molecule has 0 aliphatic rings. The van der Waals surface area contributed by atoms with E-state index in [-0.39, 0.29) is 5.88 Å². The molecule has 0 bridgehead atoms. The molecule has 4 nitrogen and oxygen atoms in total. The Hall–Kier alpha value is -1.91. The molecule has 0 atom stereocenters. The Morgan fingerprint density at radius 3 is 2.29 bits per heavy atom. The highest BCUT2D eigenvalue weighted by Gasteiger charge is 2.08. The van der Waals surface area contributed by atoms with Crippen LogP contribution in [0.15, 0.2) is 18.2 Å². The van der Waals surface area contributed by atoms with Gasteiger partial charge in [-0.15, -0.1) is 0 Å². The fourth-order valence-corrected chi connectivity index (χ4v) is 1.25. The second kappa shape index (κ2) is 5.98. The Morgan fingerprint density at radius 2 is 1.71 bits per heavy atom. The number of fused-ring (bicyclic) bond motifs is 1. The van der Waals surface area contributed by atoms with Crippen molar-refractivity contribution in [2.75, 3.05) is 14.2 Å². The number of hydrogen-bond acceptors (Lipinski definition) is 4. The summed E-state index contributed by atoms with van der Waals surface area (Å²) in [5.74, 6) is -0.184. The van der Waals surface area contributed by atoms with Crippen molar-refractivity contribution >= 4 is 11.0 Å². The molecule has 1 heterocycles. The number of halogens is 1. The van der Waals surface area contributed by atoms with Crippen molar-refractivity contribution < 1.29 is 13.9 Å². The lowest BCUT2D eigenvalue weighted by Gasteiger charge is -2.04. The van der Waals surface area contributed by atoms with Crippen LogP contribution >= 0.6 is 0 Å². The molecule has 0 saturated heterocycles. The van der Waals surface area contributed by atoms with E-state index in [2.05, 4.69) is 9.97 Å². The lowest BCUT2D eigenvalue weighted by molar-refractivity contribution is 0.363. The van der Waals surface area contributed by atoms with Gasteiger partial charge >= 0.3 is 0 Å². The quantitative estimate of drug-likeness (QED) is 0.807. The van der Waals surface area contributed by atoms with Gasteiger partial charge in [0.15, 0.2) is 0 Å². The topological polar surface area (TPSA) is 44.2 Å². The van der Waals surface area contributed by atoms with E-state index in [0.29, 0.717) is 16.8 Å². The molecular weight excluding hydrogens is 223 g/mol. The van der Waals surface area contributed by atoms with Gasteiger partial charge < -0.3 is 9.47 Å². The lowest BCUT2D eigenvalue weighted by Crippen LogP contribution is -1.96. The maximum absolute atomic E-state index is 13.2. The van der Waals surface area contributed by atoms with E-state index in [4.69, 9.17) is 9.47 Å². The van der Waals surface area contributed by atoms with E-state index in [9.17, 15) is 4.39 Å². The minimum atomic E-state index is -0.713. The van der Waals surface area contributed by atoms with Crippen molar-refractivity contribution in [3.05, 3.63) is 24.1 Å². The number of ether oxygens (including phenoxy) is 2. The summed E-state index contributed by atoms with van der Waals surface area (Å²) in [6.07, 6.45) is 0. The van der Waals surface area contributed by atoms with E-state index < -0.39 is 5.95 Å². The average molecular weight is 238 g/mol. The molecule has 92 valence electrons. The SMILES string of the molecule is CC.COc1ccc2nc(F)c(OC)nc2c1. The summed E-state index contributed by atoms with van der Waals surface area (Å²) in [6.45, 7) is 4.00. The Labute approximate surface area is 99.4 Å². The maximum Gasteiger partial charge on any atom is 0.276 e. The van der Waals surface area contributed by atoms with Gasteiger partial charge in [-0.3, -0.25) is 0 Å². The highest BCUT2D eigenvalue weighted by atomic mass is 19.1. The zero-order valence-electron chi connectivity index (χ0n) is 10.3. The first-order valence-electron chi connectivity index (χ1n) is 5.30. The first-order valence-corrected chi connectivity index (χ1v) is 5.30. The zero-order valence-corrected chi connectivity index (χ0v) is 10.3. The Bertz CT molecular complexity index is 503. The second-order valence-corrected chi connectivity index (χ2v) is 2.88. The molecule has 1 aromatic carbocycles. The summed E-state index contributed by atoms with van der Waals surface area (Å²) in [5, 5.41) is 0. The van der Waals surface area contributed by atoms with E-state index in [1.54, 1.807) is 25.3 Å². The molecule has 1 aromatic heterocycles. The molecule has 0 saturated carbocycles. The van der Waals surface area contributed by atoms with Gasteiger partial charge in [0.1, 0.15) is 5.75 Å². The van der Waals surface area contributed by atoms with Crippen LogP contribution < -0.4 is 9.47 Å². The molecule has 2 rings (SSSR count). The Balaban J connectivity index is 0.000000686. The van der Waals surface area contributed by atoms with Gasteiger partial charge in [-0.25, -0.2) is 9.97 Å². The van der Waals surface area contributed by atoms with Crippen molar-refractivity contribution in [3.63, 3.8) is 0 Å². The molecular formula is C12H15FN2O2. The van der Waals surface area contributed by atoms with Crippen LogP contribution in [0.1, 0.15) is 13.8 Å². The van der Waals surface area contributed by atoms with Gasteiger partial charge in [0.05, 0.1) is 25.3 Å². The summed E-state index contributed by atoms with van der Waals surface area (Å²) in [4.78, 5) is 7.67. The fraction of sp³-hybridized carbons (Fsp3) is 0.333. The standard InChI is InChI=1S/C10H9FN2O2.C2H6/c1-14-6-3-4-7-8(5-6)13-10(15-2)9(11)12-7;1-2/h3-5H,1-2H3;1-2H3. The maximum atomic E-state index is 13.2. The molecule has 0 amide bonds. The number of aromatic nitrogens is 2. The largest absolute Gasteiger partial charge is 0.497 e. The number of nitrogens with zero attached hydrogens (tertiary/aromatic N) is 2. The molecule has 0 radical (unpaired) electrons. The third-order valence-electron chi connectivity index (χ3n) is 1.99. The van der Waals surface area contributed by atoms with Crippen LogP contribution in [-0.2, 0) is 0 Å². The Kier molecular flexibility index (Phi) is 4.63. The van der Waals surface area contributed by atoms with Crippen LogP contribution in [0.5, 0.6) is 11.6 Å². The molecule has 0 aliphatic heterocycles. The number of methoxy groups -OCH3 is 2. The van der Waals surface area contributed by atoms with Crippen LogP contribution in [0.25, 0.3) is 11.0 Å². The molecule has 17 heavy (non-hydrogen) atoms. The highest BCUT2D eigenvalue weighted by Crippen LogP contribution is 2.21. The first kappa shape index (κ1) is 13.2. The van der Waals surface area contributed by atoms with Gasteiger partial charge in [-0.1, -0.05) is 13.8 Å². The van der Waals surface area contributed by atoms with Gasteiger partial charge in [0.2, 0.25) is 0 Å². The van der Waals surface area contributed by atoms with E-state index in [1.165, 1.54) is 7.11 Å². The summed E-state index contributed by atoms with van der Waals surface area (Å²) >= 11 is 0. The van der Waals surface area contributed by atoms with E-state index in [0.717, 1.165) is 0 Å². The third kappa shape index (κ3) is 2.81. The van der Waals surface area contributed by atoms with Crippen molar-refractivity contribution in [2.45, 2.75) is 13.8 Å². The van der Waals surface area contributed by atoms with Gasteiger partial charge in [0, 0.05) is 6.07 Å². The molecule has 2 aromatic rings. The van der Waals surface area contributed by atoms with Gasteiger partial charge in [0.25, 0.3) is 11.8 Å². The van der Waals surface area contributed by atoms with Crippen LogP contribution in [0.4, 0.5) is 4.39 Å². The van der Waals surface area contributed by atoms with E-state index in [1.807, 2.05) is 13.8 Å². The van der Waals surface area contributed by atoms with Crippen LogP contribution in [0.3, 0.4) is 0 Å². The normalized spacial score (nSPS) is 9.47. The number of benzene rings is 1. The predicted molar refractivity (Wildman–Crippen MR) is 63.9 cm³/mol. The van der Waals surface area contributed by atoms with Crippen LogP contribution in [-0.4, -0.2) is 24.2 Å². The van der Waals surface area contributed by atoms with Crippen molar-refractivity contribution in [3.8, 4) is 11.6 Å². The third-order valence-corrected chi connectivity index (χ3v) is 1.99. The molecule has 0 unspecified atom stereocenters. The average Bonchev–Trinajstić information content (AvgIpc) is 2.39. The van der Waals surface area contributed by atoms with Gasteiger partial charge in [-0.05, 0) is 12.1 Å². The van der Waals surface area contributed by atoms with Crippen LogP contribution in [0, 0.1) is 5.95 Å². The Morgan fingerprint density at radius 1 is 1.00 bits per heavy atom. The summed E-state index contributed by atoms with van der Waals surface area (Å²) in [5.41, 5.74) is 1.00. The van der Waals surface area contributed by atoms with Crippen molar-refractivity contribution in [2.24, 2.45) is 0 Å². The van der Waals surface area contributed by atoms with Crippen molar-refractivity contribution in [1.82, 2.24) is 9.97 Å². The lowest BCUT2D eigenvalue weighted by atomic mass is 10.3. The van der Waals surface area contributed by atoms with Crippen molar-refractivity contribution in [1.29, 1.82) is 0 Å². The number of hydrogen-bond donors (Lipinski definition) is 0. The molecule has 0 N–H and O–H groups in total. The molecule has 0 fully saturated rings. The molecule has 0 spiro atoms. The molecule has 0 aliphatic carbocycles. The van der Waals surface area contributed by atoms with E-state index >= 15 is 0 Å². The predicted octanol–water partition coefficient (Wildman–Crippen LogP) is 2.81. The first-order chi connectivity index (χ1) is 8.24. The van der Waals surface area contributed by atoms with Crippen LogP contribution in [0.2, 0.25) is 0 Å². The monoisotopic (exact) mass is 238 g/mol. The summed E-state index contributed by atoms with van der Waals surface area (Å²) < 4.78 is 22.9. The minimum absolute atomic E-state index is 0.115. The second-order valence-electron chi connectivity index (χ2n) is 2.88. The smallest absolute Gasteiger partial charge is 0.276 e. The minimum Gasteiger partial charge on any atom is -0.497 e. The summed E-state index contributed by atoms with van der Waals surface area (Å²) in [6, 6.07) is 5.01. The molecule has 5 heteroatoms. The highest BCUT2D eigenvalue weighted by molar-refractivity contribution is 5.76. The zero-order chi connectivity index (χ0) is 12.8.